The molecule has 1 aromatic heterocycles. The van der Waals surface area contributed by atoms with E-state index in [1.807, 2.05) is 11.3 Å². The Morgan fingerprint density at radius 3 is 2.60 bits per heavy atom. The van der Waals surface area contributed by atoms with Crippen LogP contribution in [0.5, 0.6) is 0 Å². The summed E-state index contributed by atoms with van der Waals surface area (Å²) < 4.78 is 0. The summed E-state index contributed by atoms with van der Waals surface area (Å²) in [7, 11) is 0. The van der Waals surface area contributed by atoms with Gasteiger partial charge in [-0.3, -0.25) is 4.90 Å². The minimum absolute atomic E-state index is 0.414. The summed E-state index contributed by atoms with van der Waals surface area (Å²) in [6, 6.07) is 11.6. The first-order valence-electron chi connectivity index (χ1n) is 7.31. The van der Waals surface area contributed by atoms with Gasteiger partial charge in [-0.2, -0.15) is 0 Å². The van der Waals surface area contributed by atoms with Crippen molar-refractivity contribution in [2.24, 2.45) is 0 Å². The van der Waals surface area contributed by atoms with Crippen molar-refractivity contribution >= 4 is 11.3 Å². The highest BCUT2D eigenvalue weighted by atomic mass is 32.1. The van der Waals surface area contributed by atoms with Crippen LogP contribution in [0.1, 0.15) is 27.6 Å². The zero-order chi connectivity index (χ0) is 13.9. The number of rotatable bonds is 3. The molecule has 106 valence electrons. The van der Waals surface area contributed by atoms with E-state index in [1.165, 1.54) is 21.6 Å². The summed E-state index contributed by atoms with van der Waals surface area (Å²) in [6.07, 6.45) is 0. The van der Waals surface area contributed by atoms with Gasteiger partial charge in [-0.05, 0) is 36.4 Å². The number of hydrogen-bond donors (Lipinski definition) is 1. The zero-order valence-corrected chi connectivity index (χ0v) is 13.0. The molecule has 3 heteroatoms. The van der Waals surface area contributed by atoms with Crippen LogP contribution < -0.4 is 5.32 Å². The summed E-state index contributed by atoms with van der Waals surface area (Å²) in [6.45, 7) is 8.84. The Bertz CT molecular complexity index is 570. The lowest BCUT2D eigenvalue weighted by atomic mass is 9.99. The van der Waals surface area contributed by atoms with Gasteiger partial charge in [-0.15, -0.1) is 11.3 Å². The molecule has 1 aliphatic rings. The van der Waals surface area contributed by atoms with Gasteiger partial charge >= 0.3 is 0 Å². The van der Waals surface area contributed by atoms with Gasteiger partial charge in [0.2, 0.25) is 0 Å². The third-order valence-corrected chi connectivity index (χ3v) is 5.10. The molecule has 0 spiro atoms. The Labute approximate surface area is 125 Å². The van der Waals surface area contributed by atoms with Crippen molar-refractivity contribution in [3.8, 4) is 0 Å². The van der Waals surface area contributed by atoms with E-state index in [1.54, 1.807) is 0 Å². The largest absolute Gasteiger partial charge is 0.314 e. The Kier molecular flexibility index (Phi) is 4.20. The first-order valence-corrected chi connectivity index (χ1v) is 8.19. The maximum atomic E-state index is 3.45. The molecule has 3 rings (SSSR count). The van der Waals surface area contributed by atoms with Crippen LogP contribution in [0.2, 0.25) is 0 Å². The van der Waals surface area contributed by atoms with E-state index >= 15 is 0 Å². The lowest BCUT2D eigenvalue weighted by Crippen LogP contribution is -2.45. The molecule has 2 aromatic rings. The topological polar surface area (TPSA) is 15.3 Å². The minimum atomic E-state index is 0.414. The highest BCUT2D eigenvalue weighted by molar-refractivity contribution is 7.10. The fourth-order valence-electron chi connectivity index (χ4n) is 2.97. The number of nitrogens with zero attached hydrogens (tertiary/aromatic N) is 1. The SMILES string of the molecule is Cc1cccc(C(c2sccc2C)N2CCNCC2)c1. The van der Waals surface area contributed by atoms with E-state index in [0.717, 1.165) is 26.2 Å². The molecule has 0 aliphatic carbocycles. The summed E-state index contributed by atoms with van der Waals surface area (Å²) >= 11 is 1.89. The van der Waals surface area contributed by atoms with Gasteiger partial charge in [-0.25, -0.2) is 0 Å². The highest BCUT2D eigenvalue weighted by Gasteiger charge is 2.25. The quantitative estimate of drug-likeness (QED) is 0.931. The predicted molar refractivity (Wildman–Crippen MR) is 86.5 cm³/mol. The normalized spacial score (nSPS) is 18.1. The molecule has 2 nitrogen and oxygen atoms in total. The molecule has 0 amide bonds. The van der Waals surface area contributed by atoms with Crippen LogP contribution in [0.4, 0.5) is 0 Å². The molecule has 0 bridgehead atoms. The highest BCUT2D eigenvalue weighted by Crippen LogP contribution is 2.34. The summed E-state index contributed by atoms with van der Waals surface area (Å²) in [5.41, 5.74) is 4.19. The lowest BCUT2D eigenvalue weighted by Gasteiger charge is -2.35. The maximum Gasteiger partial charge on any atom is 0.0699 e. The molecule has 1 aromatic carbocycles. The predicted octanol–water partition coefficient (Wildman–Crippen LogP) is 3.36. The van der Waals surface area contributed by atoms with Crippen molar-refractivity contribution in [3.05, 3.63) is 57.3 Å². The number of thiophene rings is 1. The lowest BCUT2D eigenvalue weighted by molar-refractivity contribution is 0.200. The second-order valence-corrected chi connectivity index (χ2v) is 6.52. The zero-order valence-electron chi connectivity index (χ0n) is 12.2. The first kappa shape index (κ1) is 13.8. The monoisotopic (exact) mass is 286 g/mol. The average molecular weight is 286 g/mol. The van der Waals surface area contributed by atoms with Crippen molar-refractivity contribution in [3.63, 3.8) is 0 Å². The van der Waals surface area contributed by atoms with Crippen LogP contribution in [0.15, 0.2) is 35.7 Å². The number of aryl methyl sites for hydroxylation is 2. The molecule has 20 heavy (non-hydrogen) atoms. The summed E-state index contributed by atoms with van der Waals surface area (Å²) in [4.78, 5) is 4.11. The standard InChI is InChI=1S/C17H22N2S/c1-13-4-3-5-15(12-13)16(17-14(2)6-11-20-17)19-9-7-18-8-10-19/h3-6,11-12,16,18H,7-10H2,1-2H3. The molecule has 2 heterocycles. The van der Waals surface area contributed by atoms with Crippen LogP contribution in [0, 0.1) is 13.8 Å². The number of nitrogens with one attached hydrogen (secondary N) is 1. The molecule has 1 saturated heterocycles. The Balaban J connectivity index is 2.01. The van der Waals surface area contributed by atoms with Crippen LogP contribution in [-0.4, -0.2) is 31.1 Å². The number of benzene rings is 1. The molecule has 1 N–H and O–H groups in total. The van der Waals surface area contributed by atoms with E-state index in [4.69, 9.17) is 0 Å². The average Bonchev–Trinajstić information content (AvgIpc) is 2.87. The second kappa shape index (κ2) is 6.08. The van der Waals surface area contributed by atoms with Gasteiger partial charge in [0.1, 0.15) is 0 Å². The van der Waals surface area contributed by atoms with Crippen molar-refractivity contribution in [1.82, 2.24) is 10.2 Å². The molecule has 1 fully saturated rings. The molecule has 1 atom stereocenters. The van der Waals surface area contributed by atoms with Gasteiger partial charge < -0.3 is 5.32 Å². The fourth-order valence-corrected chi connectivity index (χ4v) is 4.06. The Morgan fingerprint density at radius 1 is 1.15 bits per heavy atom. The third kappa shape index (κ3) is 2.80. The van der Waals surface area contributed by atoms with Crippen molar-refractivity contribution in [2.75, 3.05) is 26.2 Å². The molecule has 1 unspecified atom stereocenters. The van der Waals surface area contributed by atoms with Crippen molar-refractivity contribution < 1.29 is 0 Å². The molecule has 0 saturated carbocycles. The summed E-state index contributed by atoms with van der Waals surface area (Å²) in [5, 5.41) is 5.67. The van der Waals surface area contributed by atoms with Crippen molar-refractivity contribution in [1.29, 1.82) is 0 Å². The van der Waals surface area contributed by atoms with E-state index in [9.17, 15) is 0 Å². The van der Waals surface area contributed by atoms with Gasteiger partial charge in [0.15, 0.2) is 0 Å². The van der Waals surface area contributed by atoms with Crippen LogP contribution in [0.3, 0.4) is 0 Å². The van der Waals surface area contributed by atoms with Crippen LogP contribution in [-0.2, 0) is 0 Å². The number of piperazine rings is 1. The van der Waals surface area contributed by atoms with Gasteiger partial charge in [0.25, 0.3) is 0 Å². The van der Waals surface area contributed by atoms with Gasteiger partial charge in [-0.1, -0.05) is 29.8 Å². The van der Waals surface area contributed by atoms with Crippen LogP contribution >= 0.6 is 11.3 Å². The smallest absolute Gasteiger partial charge is 0.0699 e. The molecule has 0 radical (unpaired) electrons. The summed E-state index contributed by atoms with van der Waals surface area (Å²) in [5.74, 6) is 0. The first-order chi connectivity index (χ1) is 9.75. The van der Waals surface area contributed by atoms with Gasteiger partial charge in [0, 0.05) is 31.1 Å². The number of hydrogen-bond acceptors (Lipinski definition) is 3. The van der Waals surface area contributed by atoms with Crippen LogP contribution in [0.25, 0.3) is 0 Å². The van der Waals surface area contributed by atoms with E-state index in [2.05, 4.69) is 59.8 Å². The Hall–Kier alpha value is -1.16. The molecule has 1 aliphatic heterocycles. The van der Waals surface area contributed by atoms with Gasteiger partial charge in [0.05, 0.1) is 6.04 Å². The maximum absolute atomic E-state index is 3.45. The van der Waals surface area contributed by atoms with Crippen molar-refractivity contribution in [2.45, 2.75) is 19.9 Å². The molecular weight excluding hydrogens is 264 g/mol. The van der Waals surface area contributed by atoms with E-state index in [0.29, 0.717) is 6.04 Å². The third-order valence-electron chi connectivity index (χ3n) is 4.02. The van der Waals surface area contributed by atoms with E-state index in [-0.39, 0.29) is 0 Å². The Morgan fingerprint density at radius 2 is 1.95 bits per heavy atom. The fraction of sp³-hybridized carbons (Fsp3) is 0.412. The minimum Gasteiger partial charge on any atom is -0.314 e. The second-order valence-electron chi connectivity index (χ2n) is 5.57. The van der Waals surface area contributed by atoms with E-state index < -0.39 is 0 Å². The molecular formula is C17H22N2S.